The van der Waals surface area contributed by atoms with Crippen molar-refractivity contribution in [2.45, 2.75) is 70.4 Å². The van der Waals surface area contributed by atoms with E-state index in [2.05, 4.69) is 5.32 Å². The van der Waals surface area contributed by atoms with Crippen LogP contribution >= 0.6 is 0 Å². The highest BCUT2D eigenvalue weighted by Crippen LogP contribution is 2.45. The third kappa shape index (κ3) is 3.55. The molecule has 0 aromatic rings. The van der Waals surface area contributed by atoms with Gasteiger partial charge in [0.1, 0.15) is 5.60 Å². The molecule has 0 bridgehead atoms. The molecule has 5 nitrogen and oxygen atoms in total. The van der Waals surface area contributed by atoms with E-state index in [0.717, 1.165) is 4.90 Å². The third-order valence-corrected chi connectivity index (χ3v) is 5.56. The monoisotopic (exact) mass is 346 g/mol. The lowest BCUT2D eigenvalue weighted by Crippen LogP contribution is -2.62. The predicted molar refractivity (Wildman–Crippen MR) is 85.5 cm³/mol. The lowest BCUT2D eigenvalue weighted by atomic mass is 9.74. The maximum atomic E-state index is 14.2. The largest absolute Gasteiger partial charge is 0.383 e. The van der Waals surface area contributed by atoms with Crippen molar-refractivity contribution in [2.75, 3.05) is 13.1 Å². The molecule has 1 atom stereocenters. The van der Waals surface area contributed by atoms with Gasteiger partial charge >= 0.3 is 5.92 Å². The molecule has 138 valence electrons. The number of nitrogens with one attached hydrogen (secondary N) is 1. The van der Waals surface area contributed by atoms with Crippen LogP contribution in [0.2, 0.25) is 0 Å². The zero-order valence-corrected chi connectivity index (χ0v) is 14.6. The van der Waals surface area contributed by atoms with Crippen LogP contribution in [0.3, 0.4) is 0 Å². The van der Waals surface area contributed by atoms with E-state index in [-0.39, 0.29) is 43.8 Å². The summed E-state index contributed by atoms with van der Waals surface area (Å²) in [5, 5.41) is 12.8. The lowest BCUT2D eigenvalue weighted by Gasteiger charge is -2.44. The minimum Gasteiger partial charge on any atom is -0.383 e. The predicted octanol–water partition coefficient (Wildman–Crippen LogP) is 1.94. The first kappa shape index (κ1) is 19.1. The highest BCUT2D eigenvalue weighted by Gasteiger charge is 2.62. The van der Waals surface area contributed by atoms with Gasteiger partial charge < -0.3 is 15.3 Å². The van der Waals surface area contributed by atoms with Gasteiger partial charge in [-0.05, 0) is 44.9 Å². The number of aliphatic hydroxyl groups is 1. The number of halogens is 2. The molecule has 1 saturated heterocycles. The summed E-state index contributed by atoms with van der Waals surface area (Å²) in [5.41, 5.74) is -2.19. The number of hydrogen-bond donors (Lipinski definition) is 2. The van der Waals surface area contributed by atoms with Crippen LogP contribution in [0.4, 0.5) is 8.78 Å². The Balaban J connectivity index is 1.88. The summed E-state index contributed by atoms with van der Waals surface area (Å²) in [7, 11) is 0. The molecule has 0 spiro atoms. The van der Waals surface area contributed by atoms with E-state index < -0.39 is 17.4 Å². The third-order valence-electron chi connectivity index (χ3n) is 5.56. The Morgan fingerprint density at radius 2 is 1.75 bits per heavy atom. The normalized spacial score (nSPS) is 22.9. The topological polar surface area (TPSA) is 69.6 Å². The van der Waals surface area contributed by atoms with E-state index in [1.807, 2.05) is 20.8 Å². The molecule has 0 aromatic carbocycles. The molecule has 0 radical (unpaired) electrons. The zero-order chi connectivity index (χ0) is 18.1. The highest BCUT2D eigenvalue weighted by molar-refractivity contribution is 5.86. The van der Waals surface area contributed by atoms with Gasteiger partial charge in [0.25, 0.3) is 5.91 Å². The van der Waals surface area contributed by atoms with Gasteiger partial charge in [0.2, 0.25) is 5.91 Å². The molecule has 2 amide bonds. The number of carbonyl (C=O) groups is 2. The number of alkyl halides is 2. The molecule has 1 unspecified atom stereocenters. The number of amides is 2. The minimum absolute atomic E-state index is 0.0439. The number of piperidine rings is 1. The fourth-order valence-corrected chi connectivity index (χ4v) is 3.08. The second-order valence-electron chi connectivity index (χ2n) is 7.57. The van der Waals surface area contributed by atoms with Crippen molar-refractivity contribution in [2.24, 2.45) is 11.8 Å². The van der Waals surface area contributed by atoms with Crippen LogP contribution in [-0.4, -0.2) is 52.5 Å². The van der Waals surface area contributed by atoms with E-state index in [1.165, 1.54) is 0 Å². The average molecular weight is 346 g/mol. The smallest absolute Gasteiger partial charge is 0.352 e. The first-order valence-corrected chi connectivity index (χ1v) is 8.78. The first-order chi connectivity index (χ1) is 11.1. The van der Waals surface area contributed by atoms with Crippen LogP contribution in [0.25, 0.3) is 0 Å². The van der Waals surface area contributed by atoms with E-state index in [9.17, 15) is 23.5 Å². The van der Waals surface area contributed by atoms with Crippen LogP contribution in [0.5, 0.6) is 0 Å². The number of hydrogen-bond acceptors (Lipinski definition) is 3. The van der Waals surface area contributed by atoms with Crippen molar-refractivity contribution in [3.8, 4) is 0 Å². The number of likely N-dealkylation sites (tertiary alicyclic amines) is 1. The molecule has 1 saturated carbocycles. The molecular formula is C17H28F2N2O3. The van der Waals surface area contributed by atoms with E-state index >= 15 is 0 Å². The van der Waals surface area contributed by atoms with Crippen LogP contribution in [0.1, 0.15) is 52.9 Å². The van der Waals surface area contributed by atoms with Gasteiger partial charge in [-0.25, -0.2) is 0 Å². The molecule has 0 aromatic heterocycles. The van der Waals surface area contributed by atoms with Crippen LogP contribution in [0, 0.1) is 11.8 Å². The van der Waals surface area contributed by atoms with Gasteiger partial charge in [-0.1, -0.05) is 13.8 Å². The SMILES string of the molecule is CC(C)C(C)NC(=O)C1CCN(C(=O)C(F)(F)C2(O)CCC2)CC1. The molecule has 7 heteroatoms. The standard InChI is InChI=1S/C17H28F2N2O3/c1-11(2)12(3)20-14(22)13-5-9-21(10-6-13)15(23)17(18,19)16(24)7-4-8-16/h11-13,24H,4-10H2,1-3H3,(H,20,22). The summed E-state index contributed by atoms with van der Waals surface area (Å²) < 4.78 is 28.5. The summed E-state index contributed by atoms with van der Waals surface area (Å²) in [4.78, 5) is 25.4. The molecule has 1 aliphatic carbocycles. The second kappa shape index (κ2) is 6.94. The fourth-order valence-electron chi connectivity index (χ4n) is 3.08. The van der Waals surface area contributed by atoms with Crippen LogP contribution in [-0.2, 0) is 9.59 Å². The van der Waals surface area contributed by atoms with Gasteiger partial charge in [-0.2, -0.15) is 8.78 Å². The van der Waals surface area contributed by atoms with Crippen molar-refractivity contribution in [1.29, 1.82) is 0 Å². The second-order valence-corrected chi connectivity index (χ2v) is 7.57. The quantitative estimate of drug-likeness (QED) is 0.799. The van der Waals surface area contributed by atoms with Crippen molar-refractivity contribution in [3.63, 3.8) is 0 Å². The van der Waals surface area contributed by atoms with Crippen LogP contribution < -0.4 is 5.32 Å². The van der Waals surface area contributed by atoms with Crippen molar-refractivity contribution >= 4 is 11.8 Å². The van der Waals surface area contributed by atoms with Crippen molar-refractivity contribution in [3.05, 3.63) is 0 Å². The number of nitrogens with zero attached hydrogens (tertiary/aromatic N) is 1. The molecule has 1 heterocycles. The summed E-state index contributed by atoms with van der Waals surface area (Å²) in [5.74, 6) is -5.06. The highest BCUT2D eigenvalue weighted by atomic mass is 19.3. The minimum atomic E-state index is -3.74. The fraction of sp³-hybridized carbons (Fsp3) is 0.882. The van der Waals surface area contributed by atoms with Gasteiger partial charge in [0.15, 0.2) is 0 Å². The summed E-state index contributed by atoms with van der Waals surface area (Å²) in [6.07, 6.45) is 1.17. The van der Waals surface area contributed by atoms with E-state index in [0.29, 0.717) is 25.2 Å². The van der Waals surface area contributed by atoms with Gasteiger partial charge in [0, 0.05) is 25.0 Å². The van der Waals surface area contributed by atoms with E-state index in [4.69, 9.17) is 0 Å². The molecule has 2 rings (SSSR count). The molecular weight excluding hydrogens is 318 g/mol. The van der Waals surface area contributed by atoms with Gasteiger partial charge in [-0.15, -0.1) is 0 Å². The van der Waals surface area contributed by atoms with Gasteiger partial charge in [-0.3, -0.25) is 9.59 Å². The number of carbonyl (C=O) groups excluding carboxylic acids is 2. The Hall–Kier alpha value is -1.24. The Kier molecular flexibility index (Phi) is 5.52. The van der Waals surface area contributed by atoms with Crippen LogP contribution in [0.15, 0.2) is 0 Å². The van der Waals surface area contributed by atoms with E-state index in [1.54, 1.807) is 0 Å². The molecule has 1 aliphatic heterocycles. The summed E-state index contributed by atoms with van der Waals surface area (Å²) in [6, 6.07) is 0.0503. The maximum absolute atomic E-state index is 14.2. The Labute approximate surface area is 141 Å². The molecule has 2 N–H and O–H groups in total. The summed E-state index contributed by atoms with van der Waals surface area (Å²) >= 11 is 0. The summed E-state index contributed by atoms with van der Waals surface area (Å²) in [6.45, 7) is 6.21. The van der Waals surface area contributed by atoms with Crippen molar-refractivity contribution < 1.29 is 23.5 Å². The first-order valence-electron chi connectivity index (χ1n) is 8.78. The average Bonchev–Trinajstić information content (AvgIpc) is 2.51. The number of rotatable bonds is 5. The molecule has 2 aliphatic rings. The molecule has 24 heavy (non-hydrogen) atoms. The maximum Gasteiger partial charge on any atom is 0.352 e. The Morgan fingerprint density at radius 1 is 1.21 bits per heavy atom. The Bertz CT molecular complexity index is 484. The molecule has 2 fully saturated rings. The van der Waals surface area contributed by atoms with Gasteiger partial charge in [0.05, 0.1) is 0 Å². The van der Waals surface area contributed by atoms with Crippen molar-refractivity contribution in [1.82, 2.24) is 10.2 Å². The zero-order valence-electron chi connectivity index (χ0n) is 14.6. The Morgan fingerprint density at radius 3 is 2.17 bits per heavy atom. The lowest BCUT2D eigenvalue weighted by molar-refractivity contribution is -0.224.